The summed E-state index contributed by atoms with van der Waals surface area (Å²) in [5.41, 5.74) is 0. The van der Waals surface area contributed by atoms with E-state index in [0.717, 1.165) is 25.3 Å². The Hall–Kier alpha value is -1.09. The van der Waals surface area contributed by atoms with Crippen LogP contribution in [-0.4, -0.2) is 64.3 Å². The van der Waals surface area contributed by atoms with Gasteiger partial charge in [-0.15, -0.1) is 10.2 Å². The zero-order valence-corrected chi connectivity index (χ0v) is 16.5. The molecular formula is C16H26N4O3S2. The molecule has 140 valence electrons. The molecule has 0 aliphatic carbocycles. The zero-order valence-electron chi connectivity index (χ0n) is 14.8. The molecule has 0 saturated carbocycles. The Bertz CT molecular complexity index is 732. The maximum absolute atomic E-state index is 12.4. The average molecular weight is 387 g/mol. The monoisotopic (exact) mass is 386 g/mol. The summed E-state index contributed by atoms with van der Waals surface area (Å²) in [5, 5.41) is 9.10. The first kappa shape index (κ1) is 18.7. The molecule has 0 radical (unpaired) electrons. The molecule has 9 heteroatoms. The lowest BCUT2D eigenvalue weighted by Gasteiger charge is -2.30. The van der Waals surface area contributed by atoms with Crippen LogP contribution >= 0.6 is 11.8 Å². The van der Waals surface area contributed by atoms with Gasteiger partial charge in [-0.1, -0.05) is 18.7 Å². The van der Waals surface area contributed by atoms with E-state index in [-0.39, 0.29) is 23.3 Å². The van der Waals surface area contributed by atoms with Gasteiger partial charge in [0.1, 0.15) is 5.82 Å². The van der Waals surface area contributed by atoms with E-state index >= 15 is 0 Å². The van der Waals surface area contributed by atoms with E-state index in [0.29, 0.717) is 29.7 Å². The fourth-order valence-electron chi connectivity index (χ4n) is 3.57. The van der Waals surface area contributed by atoms with Crippen molar-refractivity contribution in [1.29, 1.82) is 0 Å². The number of aromatic nitrogens is 3. The summed E-state index contributed by atoms with van der Waals surface area (Å²) in [5.74, 6) is 2.55. The third kappa shape index (κ3) is 4.75. The van der Waals surface area contributed by atoms with Crippen LogP contribution in [0.4, 0.5) is 0 Å². The number of thioether (sulfide) groups is 1. The first-order chi connectivity index (χ1) is 11.8. The topological polar surface area (TPSA) is 85.2 Å². The predicted octanol–water partition coefficient (Wildman–Crippen LogP) is 1.14. The van der Waals surface area contributed by atoms with E-state index in [2.05, 4.69) is 17.1 Å². The highest BCUT2D eigenvalue weighted by atomic mass is 32.2. The summed E-state index contributed by atoms with van der Waals surface area (Å²) in [7, 11) is -0.989. The van der Waals surface area contributed by atoms with Crippen molar-refractivity contribution < 1.29 is 13.2 Å². The molecule has 0 aromatic carbocycles. The lowest BCUT2D eigenvalue weighted by Crippen LogP contribution is -2.40. The molecule has 2 aliphatic heterocycles. The van der Waals surface area contributed by atoms with Gasteiger partial charge in [-0.25, -0.2) is 8.42 Å². The van der Waals surface area contributed by atoms with Crippen molar-refractivity contribution in [2.75, 3.05) is 30.3 Å². The third-order valence-electron chi connectivity index (χ3n) is 5.06. The van der Waals surface area contributed by atoms with Crippen LogP contribution in [0.25, 0.3) is 0 Å². The SMILES string of the molecule is C[C@@H]1CCCN(C(=O)CSc2nnc(C[C@H]3CCS(=O)(=O)C3)n2C)C1. The smallest absolute Gasteiger partial charge is 0.233 e. The molecule has 3 rings (SSSR count). The standard InChI is InChI=1S/C16H26N4O3S2/c1-12-4-3-6-20(9-12)15(21)10-24-16-18-17-14(19(16)2)8-13-5-7-25(22,23)11-13/h12-13H,3-11H2,1-2H3/t12-,13-/m1/s1. The van der Waals surface area contributed by atoms with Gasteiger partial charge in [-0.05, 0) is 31.1 Å². The van der Waals surface area contributed by atoms with Gasteiger partial charge < -0.3 is 9.47 Å². The number of likely N-dealkylation sites (tertiary alicyclic amines) is 1. The number of amides is 1. The van der Waals surface area contributed by atoms with E-state index in [4.69, 9.17) is 0 Å². The molecule has 2 aliphatic rings. The molecule has 0 bridgehead atoms. The van der Waals surface area contributed by atoms with Crippen LogP contribution in [0.2, 0.25) is 0 Å². The lowest BCUT2D eigenvalue weighted by atomic mass is 10.0. The van der Waals surface area contributed by atoms with E-state index in [9.17, 15) is 13.2 Å². The second kappa shape index (κ2) is 7.65. The highest BCUT2D eigenvalue weighted by Crippen LogP contribution is 2.24. The fraction of sp³-hybridized carbons (Fsp3) is 0.812. The molecule has 2 fully saturated rings. The highest BCUT2D eigenvalue weighted by molar-refractivity contribution is 7.99. The molecule has 3 heterocycles. The molecular weight excluding hydrogens is 360 g/mol. The Kier molecular flexibility index (Phi) is 5.72. The molecule has 1 aromatic rings. The molecule has 2 atom stereocenters. The van der Waals surface area contributed by atoms with Gasteiger partial charge in [0.05, 0.1) is 17.3 Å². The van der Waals surface area contributed by atoms with Crippen LogP contribution in [-0.2, 0) is 28.1 Å². The summed E-state index contributed by atoms with van der Waals surface area (Å²) in [4.78, 5) is 14.3. The zero-order chi connectivity index (χ0) is 18.0. The summed E-state index contributed by atoms with van der Waals surface area (Å²) < 4.78 is 25.1. The first-order valence-electron chi connectivity index (χ1n) is 8.83. The summed E-state index contributed by atoms with van der Waals surface area (Å²) in [6.45, 7) is 3.88. The Balaban J connectivity index is 1.53. The largest absolute Gasteiger partial charge is 0.342 e. The molecule has 1 aromatic heterocycles. The van der Waals surface area contributed by atoms with E-state index < -0.39 is 9.84 Å². The molecule has 0 unspecified atom stereocenters. The van der Waals surface area contributed by atoms with Crippen molar-refractivity contribution in [1.82, 2.24) is 19.7 Å². The van der Waals surface area contributed by atoms with Crippen LogP contribution in [0.3, 0.4) is 0 Å². The number of piperidine rings is 1. The van der Waals surface area contributed by atoms with Gasteiger partial charge in [0.15, 0.2) is 15.0 Å². The molecule has 0 spiro atoms. The maximum Gasteiger partial charge on any atom is 0.233 e. The number of rotatable bonds is 5. The average Bonchev–Trinajstić information content (AvgIpc) is 3.08. The second-order valence-electron chi connectivity index (χ2n) is 7.31. The number of nitrogens with zero attached hydrogens (tertiary/aromatic N) is 4. The van der Waals surface area contributed by atoms with Crippen molar-refractivity contribution in [2.24, 2.45) is 18.9 Å². The Labute approximate surface area is 153 Å². The number of carbonyl (C=O) groups excluding carboxylic acids is 1. The molecule has 2 saturated heterocycles. The van der Waals surface area contributed by atoms with Gasteiger partial charge in [0, 0.05) is 26.6 Å². The van der Waals surface area contributed by atoms with Gasteiger partial charge in [-0.2, -0.15) is 0 Å². The van der Waals surface area contributed by atoms with Crippen molar-refractivity contribution in [3.63, 3.8) is 0 Å². The number of carbonyl (C=O) groups is 1. The molecule has 7 nitrogen and oxygen atoms in total. The minimum absolute atomic E-state index is 0.127. The Morgan fingerprint density at radius 3 is 2.80 bits per heavy atom. The van der Waals surface area contributed by atoms with Gasteiger partial charge >= 0.3 is 0 Å². The minimum Gasteiger partial charge on any atom is -0.342 e. The lowest BCUT2D eigenvalue weighted by molar-refractivity contribution is -0.130. The first-order valence-corrected chi connectivity index (χ1v) is 11.6. The highest BCUT2D eigenvalue weighted by Gasteiger charge is 2.29. The van der Waals surface area contributed by atoms with Crippen LogP contribution < -0.4 is 0 Å². The fourth-order valence-corrected chi connectivity index (χ4v) is 6.27. The quantitative estimate of drug-likeness (QED) is 0.706. The van der Waals surface area contributed by atoms with E-state index in [1.54, 1.807) is 0 Å². The van der Waals surface area contributed by atoms with Crippen molar-refractivity contribution in [2.45, 2.75) is 37.8 Å². The second-order valence-corrected chi connectivity index (χ2v) is 10.5. The molecule has 0 N–H and O–H groups in total. The third-order valence-corrected chi connectivity index (χ3v) is 7.90. The number of hydrogen-bond acceptors (Lipinski definition) is 6. The minimum atomic E-state index is -2.87. The summed E-state index contributed by atoms with van der Waals surface area (Å²) in [6, 6.07) is 0. The van der Waals surface area contributed by atoms with Gasteiger partial charge in [0.2, 0.25) is 5.91 Å². The van der Waals surface area contributed by atoms with Crippen molar-refractivity contribution in [3.8, 4) is 0 Å². The predicted molar refractivity (Wildman–Crippen MR) is 97.2 cm³/mol. The summed E-state index contributed by atoms with van der Waals surface area (Å²) >= 11 is 1.41. The maximum atomic E-state index is 12.4. The Morgan fingerprint density at radius 1 is 1.32 bits per heavy atom. The molecule has 25 heavy (non-hydrogen) atoms. The van der Waals surface area contributed by atoms with Crippen LogP contribution in [0.5, 0.6) is 0 Å². The van der Waals surface area contributed by atoms with Gasteiger partial charge in [0.25, 0.3) is 0 Å². The van der Waals surface area contributed by atoms with Crippen LogP contribution in [0.1, 0.15) is 32.0 Å². The van der Waals surface area contributed by atoms with E-state index in [1.165, 1.54) is 18.2 Å². The van der Waals surface area contributed by atoms with E-state index in [1.807, 2.05) is 16.5 Å². The van der Waals surface area contributed by atoms with Crippen LogP contribution in [0.15, 0.2) is 5.16 Å². The summed E-state index contributed by atoms with van der Waals surface area (Å²) in [6.07, 6.45) is 3.60. The number of sulfone groups is 1. The Morgan fingerprint density at radius 2 is 2.12 bits per heavy atom. The van der Waals surface area contributed by atoms with Crippen molar-refractivity contribution in [3.05, 3.63) is 5.82 Å². The molecule has 1 amide bonds. The van der Waals surface area contributed by atoms with Crippen LogP contribution in [0, 0.1) is 11.8 Å². The number of hydrogen-bond donors (Lipinski definition) is 0. The van der Waals surface area contributed by atoms with Gasteiger partial charge in [-0.3, -0.25) is 4.79 Å². The normalized spacial score (nSPS) is 26.1. The van der Waals surface area contributed by atoms with Crippen molar-refractivity contribution >= 4 is 27.5 Å².